The van der Waals surface area contributed by atoms with Crippen molar-refractivity contribution in [2.75, 3.05) is 38.2 Å². The van der Waals surface area contributed by atoms with Crippen LogP contribution in [0, 0.1) is 0 Å². The van der Waals surface area contributed by atoms with Gasteiger partial charge in [0.25, 0.3) is 5.91 Å². The van der Waals surface area contributed by atoms with Crippen LogP contribution < -0.4 is 15.0 Å². The first-order valence-electron chi connectivity index (χ1n) is 8.26. The molecule has 2 aliphatic rings. The van der Waals surface area contributed by atoms with Crippen LogP contribution in [-0.2, 0) is 9.59 Å². The Morgan fingerprint density at radius 1 is 1.46 bits per heavy atom. The second-order valence-corrected chi connectivity index (χ2v) is 7.08. The quantitative estimate of drug-likeness (QED) is 0.843. The van der Waals surface area contributed by atoms with Crippen molar-refractivity contribution in [2.45, 2.75) is 25.3 Å². The molecular weight excluding hydrogens is 374 g/mol. The normalized spacial score (nSPS) is 20.6. The fourth-order valence-electron chi connectivity index (χ4n) is 3.23. The van der Waals surface area contributed by atoms with E-state index >= 15 is 0 Å². The zero-order valence-electron chi connectivity index (χ0n) is 13.8. The van der Waals surface area contributed by atoms with Gasteiger partial charge in [0.15, 0.2) is 6.61 Å². The Balaban J connectivity index is 1.64. The molecule has 130 valence electrons. The lowest BCUT2D eigenvalue weighted by Gasteiger charge is -2.34. The Hall–Kier alpha value is -1.60. The van der Waals surface area contributed by atoms with Gasteiger partial charge in [-0.2, -0.15) is 0 Å². The molecule has 2 aliphatic heterocycles. The van der Waals surface area contributed by atoms with Gasteiger partial charge in [0, 0.05) is 36.6 Å². The average Bonchev–Trinajstić information content (AvgIpc) is 2.60. The zero-order chi connectivity index (χ0) is 17.1. The standard InChI is InChI=1S/C17H22BrN3O3/c1-19-13-3-2-7-20(10-13)16(22)6-8-21-14-5-4-12(18)9-15(14)24-11-17(21)23/h4-5,9,13,19H,2-3,6-8,10-11H2,1H3. The van der Waals surface area contributed by atoms with Crippen molar-refractivity contribution in [3.63, 3.8) is 0 Å². The van der Waals surface area contributed by atoms with Crippen LogP contribution in [0.25, 0.3) is 0 Å². The summed E-state index contributed by atoms with van der Waals surface area (Å²) in [7, 11) is 1.93. The maximum absolute atomic E-state index is 12.5. The lowest BCUT2D eigenvalue weighted by atomic mass is 10.1. The summed E-state index contributed by atoms with van der Waals surface area (Å²) in [5.74, 6) is 0.668. The molecule has 3 rings (SSSR count). The molecule has 2 heterocycles. The Morgan fingerprint density at radius 3 is 3.08 bits per heavy atom. The second-order valence-electron chi connectivity index (χ2n) is 6.16. The Morgan fingerprint density at radius 2 is 2.29 bits per heavy atom. The van der Waals surface area contributed by atoms with Gasteiger partial charge in [-0.1, -0.05) is 15.9 Å². The van der Waals surface area contributed by atoms with E-state index in [9.17, 15) is 9.59 Å². The number of anilines is 1. The summed E-state index contributed by atoms with van der Waals surface area (Å²) >= 11 is 3.40. The minimum absolute atomic E-state index is 0.0171. The lowest BCUT2D eigenvalue weighted by molar-refractivity contribution is -0.132. The van der Waals surface area contributed by atoms with Crippen molar-refractivity contribution < 1.29 is 14.3 Å². The molecule has 24 heavy (non-hydrogen) atoms. The predicted molar refractivity (Wildman–Crippen MR) is 95.3 cm³/mol. The van der Waals surface area contributed by atoms with E-state index in [0.717, 1.165) is 36.1 Å². The number of likely N-dealkylation sites (tertiary alicyclic amines) is 1. The Bertz CT molecular complexity index is 638. The highest BCUT2D eigenvalue weighted by Crippen LogP contribution is 2.34. The average molecular weight is 396 g/mol. The maximum Gasteiger partial charge on any atom is 0.265 e. The number of carbonyl (C=O) groups is 2. The topological polar surface area (TPSA) is 61.9 Å². The third-order valence-electron chi connectivity index (χ3n) is 4.60. The summed E-state index contributed by atoms with van der Waals surface area (Å²) in [5, 5.41) is 3.24. The fourth-order valence-corrected chi connectivity index (χ4v) is 3.57. The van der Waals surface area contributed by atoms with Gasteiger partial charge in [-0.15, -0.1) is 0 Å². The largest absolute Gasteiger partial charge is 0.482 e. The predicted octanol–water partition coefficient (Wildman–Crippen LogP) is 1.77. The van der Waals surface area contributed by atoms with Crippen LogP contribution in [0.2, 0.25) is 0 Å². The van der Waals surface area contributed by atoms with E-state index < -0.39 is 0 Å². The number of rotatable bonds is 4. The summed E-state index contributed by atoms with van der Waals surface area (Å²) in [6.07, 6.45) is 2.45. The first-order chi connectivity index (χ1) is 11.6. The van der Waals surface area contributed by atoms with E-state index in [1.54, 1.807) is 4.90 Å². The Labute approximate surface area is 150 Å². The molecule has 0 saturated carbocycles. The third-order valence-corrected chi connectivity index (χ3v) is 5.09. The molecule has 1 N–H and O–H groups in total. The van der Waals surface area contributed by atoms with Crippen LogP contribution in [0.15, 0.2) is 22.7 Å². The number of fused-ring (bicyclic) bond motifs is 1. The number of piperidine rings is 1. The number of halogens is 1. The van der Waals surface area contributed by atoms with Gasteiger partial charge in [-0.05, 0) is 38.1 Å². The van der Waals surface area contributed by atoms with Gasteiger partial charge >= 0.3 is 0 Å². The molecule has 1 saturated heterocycles. The van der Waals surface area contributed by atoms with Gasteiger partial charge in [0.05, 0.1) is 5.69 Å². The van der Waals surface area contributed by atoms with Gasteiger partial charge in [0.2, 0.25) is 5.91 Å². The van der Waals surface area contributed by atoms with E-state index in [-0.39, 0.29) is 18.4 Å². The van der Waals surface area contributed by atoms with E-state index in [4.69, 9.17) is 4.74 Å². The molecule has 0 bridgehead atoms. The molecule has 1 unspecified atom stereocenters. The van der Waals surface area contributed by atoms with Crippen LogP contribution >= 0.6 is 15.9 Å². The minimum atomic E-state index is -0.107. The maximum atomic E-state index is 12.5. The molecule has 0 radical (unpaired) electrons. The summed E-state index contributed by atoms with van der Waals surface area (Å²) in [5.41, 5.74) is 0.731. The summed E-state index contributed by atoms with van der Waals surface area (Å²) in [6, 6.07) is 5.93. The van der Waals surface area contributed by atoms with Crippen LogP contribution in [0.1, 0.15) is 19.3 Å². The zero-order valence-corrected chi connectivity index (χ0v) is 15.3. The van der Waals surface area contributed by atoms with Crippen molar-refractivity contribution in [1.29, 1.82) is 0 Å². The first-order valence-corrected chi connectivity index (χ1v) is 9.05. The molecule has 1 atom stereocenters. The SMILES string of the molecule is CNC1CCCN(C(=O)CCN2C(=O)COc3cc(Br)ccc32)C1. The highest BCUT2D eigenvalue weighted by Gasteiger charge is 2.28. The number of likely N-dealkylation sites (N-methyl/N-ethyl adjacent to an activating group) is 1. The number of benzene rings is 1. The molecule has 1 fully saturated rings. The van der Waals surface area contributed by atoms with Crippen LogP contribution in [-0.4, -0.2) is 56.0 Å². The van der Waals surface area contributed by atoms with Crippen LogP contribution in [0.4, 0.5) is 5.69 Å². The van der Waals surface area contributed by atoms with E-state index in [1.165, 1.54) is 0 Å². The molecule has 6 nitrogen and oxygen atoms in total. The Kier molecular flexibility index (Phi) is 5.40. The van der Waals surface area contributed by atoms with Crippen molar-refractivity contribution in [2.24, 2.45) is 0 Å². The van der Waals surface area contributed by atoms with E-state index in [0.29, 0.717) is 24.8 Å². The first kappa shape index (κ1) is 17.2. The number of ether oxygens (including phenoxy) is 1. The lowest BCUT2D eigenvalue weighted by Crippen LogP contribution is -2.48. The van der Waals surface area contributed by atoms with Crippen molar-refractivity contribution in [3.8, 4) is 5.75 Å². The van der Waals surface area contributed by atoms with Crippen LogP contribution in [0.5, 0.6) is 5.75 Å². The highest BCUT2D eigenvalue weighted by molar-refractivity contribution is 9.10. The molecular formula is C17H22BrN3O3. The number of hydrogen-bond acceptors (Lipinski definition) is 4. The highest BCUT2D eigenvalue weighted by atomic mass is 79.9. The molecule has 0 aromatic heterocycles. The molecule has 2 amide bonds. The number of nitrogens with one attached hydrogen (secondary N) is 1. The fraction of sp³-hybridized carbons (Fsp3) is 0.529. The van der Waals surface area contributed by atoms with Crippen molar-refractivity contribution in [1.82, 2.24) is 10.2 Å². The second kappa shape index (κ2) is 7.53. The molecule has 1 aromatic carbocycles. The van der Waals surface area contributed by atoms with E-state index in [1.807, 2.05) is 30.1 Å². The van der Waals surface area contributed by atoms with Crippen molar-refractivity contribution >= 4 is 33.4 Å². The van der Waals surface area contributed by atoms with Gasteiger partial charge in [-0.3, -0.25) is 9.59 Å². The number of hydrogen-bond donors (Lipinski definition) is 1. The molecule has 0 spiro atoms. The van der Waals surface area contributed by atoms with Gasteiger partial charge in [-0.25, -0.2) is 0 Å². The number of amides is 2. The summed E-state index contributed by atoms with van der Waals surface area (Å²) < 4.78 is 6.37. The summed E-state index contributed by atoms with van der Waals surface area (Å²) in [4.78, 5) is 28.2. The minimum Gasteiger partial charge on any atom is -0.482 e. The molecule has 0 aliphatic carbocycles. The van der Waals surface area contributed by atoms with Gasteiger partial charge in [0.1, 0.15) is 5.75 Å². The number of carbonyl (C=O) groups excluding carboxylic acids is 2. The molecule has 7 heteroatoms. The monoisotopic (exact) mass is 395 g/mol. The third kappa shape index (κ3) is 3.72. The van der Waals surface area contributed by atoms with Gasteiger partial charge < -0.3 is 19.9 Å². The van der Waals surface area contributed by atoms with E-state index in [2.05, 4.69) is 21.2 Å². The molecule has 1 aromatic rings. The van der Waals surface area contributed by atoms with Crippen molar-refractivity contribution in [3.05, 3.63) is 22.7 Å². The smallest absolute Gasteiger partial charge is 0.265 e. The van der Waals surface area contributed by atoms with Crippen LogP contribution in [0.3, 0.4) is 0 Å². The summed E-state index contributed by atoms with van der Waals surface area (Å²) in [6.45, 7) is 1.95. The number of nitrogens with zero attached hydrogens (tertiary/aromatic N) is 2.